The lowest BCUT2D eigenvalue weighted by atomic mass is 10.1. The standard InChI is InChI=1S/C19H22ClFN4O3/c1-19(2,3)28-18(27)25-10-4-5-11(25)9-24(8-10)13-6-14(26)23-16-12(13)7-22-17(20)15(16)21/h6-7,10-11H,4-5,8-9H2,1-3H3,(H,23,26)/t10-,11+. The van der Waals surface area contributed by atoms with E-state index in [9.17, 15) is 14.3 Å². The van der Waals surface area contributed by atoms with Crippen LogP contribution in [0, 0.1) is 5.82 Å². The summed E-state index contributed by atoms with van der Waals surface area (Å²) in [5.41, 5.74) is 0.0617. The molecule has 7 nitrogen and oxygen atoms in total. The fourth-order valence-corrected chi connectivity index (χ4v) is 4.21. The number of nitrogens with zero attached hydrogens (tertiary/aromatic N) is 4. The molecule has 0 aliphatic carbocycles. The number of rotatable bonds is 1. The van der Waals surface area contributed by atoms with Crippen molar-refractivity contribution in [1.82, 2.24) is 14.9 Å². The van der Waals surface area contributed by atoms with E-state index in [0.717, 1.165) is 12.8 Å². The van der Waals surface area contributed by atoms with Crippen molar-refractivity contribution >= 4 is 34.3 Å². The highest BCUT2D eigenvalue weighted by Crippen LogP contribution is 2.38. The summed E-state index contributed by atoms with van der Waals surface area (Å²) < 4.78 is 19.9. The van der Waals surface area contributed by atoms with Crippen LogP contribution in [-0.4, -0.2) is 56.8 Å². The monoisotopic (exact) mass is 408 g/mol. The Balaban J connectivity index is 1.65. The molecule has 2 fully saturated rings. The maximum Gasteiger partial charge on any atom is 0.410 e. The first-order chi connectivity index (χ1) is 13.1. The van der Waals surface area contributed by atoms with Crippen LogP contribution in [0.1, 0.15) is 33.6 Å². The number of carbonyl (C=O) groups excluding carboxylic acids is 1. The number of amides is 1. The van der Waals surface area contributed by atoms with Gasteiger partial charge in [0.15, 0.2) is 11.0 Å². The van der Waals surface area contributed by atoms with Gasteiger partial charge in [-0.3, -0.25) is 4.90 Å². The highest BCUT2D eigenvalue weighted by Gasteiger charge is 2.44. The summed E-state index contributed by atoms with van der Waals surface area (Å²) >= 11 is 5.76. The van der Waals surface area contributed by atoms with Gasteiger partial charge < -0.3 is 14.7 Å². The topological polar surface area (TPSA) is 78.8 Å². The molecule has 2 aliphatic rings. The molecule has 1 amide bonds. The molecule has 4 heterocycles. The van der Waals surface area contributed by atoms with E-state index in [4.69, 9.17) is 16.3 Å². The SMILES string of the molecule is CC(C)(C)OC(=O)N1[C@@H]2CC[C@H]1CN(c1cc(O)nc3c(F)c(Cl)ncc13)C2. The summed E-state index contributed by atoms with van der Waals surface area (Å²) in [7, 11) is 0. The quantitative estimate of drug-likeness (QED) is 0.724. The van der Waals surface area contributed by atoms with Gasteiger partial charge in [0.2, 0.25) is 5.88 Å². The number of fused-ring (bicyclic) bond motifs is 3. The molecule has 2 aromatic rings. The third-order valence-electron chi connectivity index (χ3n) is 5.15. The Kier molecular flexibility index (Phi) is 4.49. The molecule has 2 aromatic heterocycles. The smallest absolute Gasteiger partial charge is 0.410 e. The predicted octanol–water partition coefficient (Wildman–Crippen LogP) is 3.72. The highest BCUT2D eigenvalue weighted by atomic mass is 35.5. The number of aromatic hydroxyl groups is 1. The minimum Gasteiger partial charge on any atom is -0.493 e. The van der Waals surface area contributed by atoms with Crippen LogP contribution >= 0.6 is 11.6 Å². The average Bonchev–Trinajstić information content (AvgIpc) is 2.87. The molecule has 9 heteroatoms. The van der Waals surface area contributed by atoms with Gasteiger partial charge in [0, 0.05) is 30.7 Å². The lowest BCUT2D eigenvalue weighted by Gasteiger charge is -2.42. The molecule has 2 bridgehead atoms. The number of carbonyl (C=O) groups is 1. The van der Waals surface area contributed by atoms with Crippen LogP contribution in [0.25, 0.3) is 10.9 Å². The number of halogens is 2. The molecule has 4 rings (SSSR count). The number of pyridine rings is 2. The summed E-state index contributed by atoms with van der Waals surface area (Å²) in [5, 5.41) is 10.2. The number of anilines is 1. The minimum absolute atomic E-state index is 0.0101. The third-order valence-corrected chi connectivity index (χ3v) is 5.41. The first-order valence-electron chi connectivity index (χ1n) is 9.24. The van der Waals surface area contributed by atoms with Crippen molar-refractivity contribution in [1.29, 1.82) is 0 Å². The van der Waals surface area contributed by atoms with E-state index in [2.05, 4.69) is 9.97 Å². The first-order valence-corrected chi connectivity index (χ1v) is 9.62. The fourth-order valence-electron chi connectivity index (χ4n) is 4.07. The maximum absolute atomic E-state index is 14.4. The average molecular weight is 409 g/mol. The van der Waals surface area contributed by atoms with Crippen molar-refractivity contribution in [2.45, 2.75) is 51.3 Å². The zero-order chi connectivity index (χ0) is 20.2. The summed E-state index contributed by atoms with van der Waals surface area (Å²) in [6.45, 7) is 6.65. The zero-order valence-electron chi connectivity index (χ0n) is 15.9. The van der Waals surface area contributed by atoms with Gasteiger partial charge >= 0.3 is 6.09 Å². The van der Waals surface area contributed by atoms with Crippen LogP contribution < -0.4 is 4.90 Å². The Morgan fingerprint density at radius 3 is 2.57 bits per heavy atom. The lowest BCUT2D eigenvalue weighted by molar-refractivity contribution is 0.0123. The van der Waals surface area contributed by atoms with E-state index in [1.165, 1.54) is 12.3 Å². The van der Waals surface area contributed by atoms with Crippen molar-refractivity contribution in [3.63, 3.8) is 0 Å². The van der Waals surface area contributed by atoms with Crippen LogP contribution in [0.4, 0.5) is 14.9 Å². The summed E-state index contributed by atoms with van der Waals surface area (Å²) in [4.78, 5) is 24.3. The number of piperazine rings is 1. The number of ether oxygens (including phenoxy) is 1. The van der Waals surface area contributed by atoms with Gasteiger partial charge in [-0.1, -0.05) is 11.6 Å². The number of hydrogen-bond acceptors (Lipinski definition) is 6. The first kappa shape index (κ1) is 19.0. The van der Waals surface area contributed by atoms with E-state index in [1.807, 2.05) is 30.6 Å². The maximum atomic E-state index is 14.4. The van der Waals surface area contributed by atoms with E-state index >= 15 is 0 Å². The summed E-state index contributed by atoms with van der Waals surface area (Å²) in [5.74, 6) is -1.04. The van der Waals surface area contributed by atoms with Gasteiger partial charge in [-0.05, 0) is 33.6 Å². The molecular weight excluding hydrogens is 387 g/mol. The molecule has 0 aromatic carbocycles. The fraction of sp³-hybridized carbons (Fsp3) is 0.526. The van der Waals surface area contributed by atoms with Gasteiger partial charge in [0.05, 0.1) is 17.8 Å². The minimum atomic E-state index is -0.758. The van der Waals surface area contributed by atoms with E-state index in [1.54, 1.807) is 0 Å². The molecule has 1 N–H and O–H groups in total. The van der Waals surface area contributed by atoms with Gasteiger partial charge in [0.1, 0.15) is 11.1 Å². The highest BCUT2D eigenvalue weighted by molar-refractivity contribution is 6.30. The molecule has 0 unspecified atom stereocenters. The molecule has 2 atom stereocenters. The molecule has 0 spiro atoms. The molecule has 2 saturated heterocycles. The lowest BCUT2D eigenvalue weighted by Crippen LogP contribution is -2.56. The number of hydrogen-bond donors (Lipinski definition) is 1. The third kappa shape index (κ3) is 3.30. The normalized spacial score (nSPS) is 22.0. The Bertz CT molecular complexity index is 935. The second kappa shape index (κ2) is 6.62. The predicted molar refractivity (Wildman–Crippen MR) is 103 cm³/mol. The molecule has 0 radical (unpaired) electrons. The summed E-state index contributed by atoms with van der Waals surface area (Å²) in [6, 6.07) is 1.48. The van der Waals surface area contributed by atoms with E-state index in [-0.39, 0.29) is 34.7 Å². The second-order valence-electron chi connectivity index (χ2n) is 8.30. The van der Waals surface area contributed by atoms with Crippen LogP contribution in [-0.2, 0) is 4.74 Å². The van der Waals surface area contributed by atoms with Crippen molar-refractivity contribution in [3.05, 3.63) is 23.2 Å². The van der Waals surface area contributed by atoms with Crippen LogP contribution in [0.15, 0.2) is 12.3 Å². The molecule has 2 aliphatic heterocycles. The van der Waals surface area contributed by atoms with Gasteiger partial charge in [-0.25, -0.2) is 19.2 Å². The number of aromatic nitrogens is 2. The van der Waals surface area contributed by atoms with Gasteiger partial charge in [0.25, 0.3) is 0 Å². The van der Waals surface area contributed by atoms with Crippen LogP contribution in [0.3, 0.4) is 0 Å². The summed E-state index contributed by atoms with van der Waals surface area (Å²) in [6.07, 6.45) is 2.90. The Morgan fingerprint density at radius 2 is 1.96 bits per heavy atom. The van der Waals surface area contributed by atoms with Crippen LogP contribution in [0.5, 0.6) is 5.88 Å². The largest absolute Gasteiger partial charge is 0.493 e. The Labute approximate surface area is 167 Å². The molecular formula is C19H22ClFN4O3. The molecule has 28 heavy (non-hydrogen) atoms. The van der Waals surface area contributed by atoms with Crippen molar-refractivity contribution in [2.75, 3.05) is 18.0 Å². The zero-order valence-corrected chi connectivity index (χ0v) is 16.7. The molecule has 150 valence electrons. The van der Waals surface area contributed by atoms with E-state index in [0.29, 0.717) is 24.2 Å². The van der Waals surface area contributed by atoms with E-state index < -0.39 is 11.4 Å². The van der Waals surface area contributed by atoms with Gasteiger partial charge in [-0.15, -0.1) is 0 Å². The second-order valence-corrected chi connectivity index (χ2v) is 8.66. The Morgan fingerprint density at radius 1 is 1.32 bits per heavy atom. The molecule has 0 saturated carbocycles. The van der Waals surface area contributed by atoms with Gasteiger partial charge in [-0.2, -0.15) is 0 Å². The van der Waals surface area contributed by atoms with Crippen molar-refractivity contribution < 1.29 is 19.0 Å². The Hall–Kier alpha value is -2.35. The van der Waals surface area contributed by atoms with Crippen LogP contribution in [0.2, 0.25) is 5.15 Å². The van der Waals surface area contributed by atoms with Crippen molar-refractivity contribution in [2.24, 2.45) is 0 Å². The van der Waals surface area contributed by atoms with Crippen molar-refractivity contribution in [3.8, 4) is 5.88 Å².